The lowest BCUT2D eigenvalue weighted by molar-refractivity contribution is 1.11. The van der Waals surface area contributed by atoms with Gasteiger partial charge in [0, 0.05) is 18.1 Å². The molecule has 0 aromatic carbocycles. The smallest absolute Gasteiger partial charge is 0.202 e. The monoisotopic (exact) mass is 211 g/mol. The molecule has 0 saturated heterocycles. The van der Waals surface area contributed by atoms with E-state index in [0.29, 0.717) is 0 Å². The summed E-state index contributed by atoms with van der Waals surface area (Å²) in [5.74, 6) is 0.831. The van der Waals surface area contributed by atoms with Gasteiger partial charge in [-0.15, -0.1) is 0 Å². The van der Waals surface area contributed by atoms with Gasteiger partial charge < -0.3 is 5.32 Å². The predicted octanol–water partition coefficient (Wildman–Crippen LogP) is 2.52. The number of thiophene rings is 1. The molecule has 0 aliphatic heterocycles. The number of rotatable bonds is 3. The van der Waals surface area contributed by atoms with Crippen molar-refractivity contribution < 1.29 is 0 Å². The minimum atomic E-state index is 0.831. The third kappa shape index (κ3) is 2.26. The Labute approximate surface area is 84.6 Å². The van der Waals surface area contributed by atoms with Crippen LogP contribution < -0.4 is 5.32 Å². The second kappa shape index (κ2) is 3.85. The van der Waals surface area contributed by atoms with Gasteiger partial charge in [-0.2, -0.15) is 15.7 Å². The van der Waals surface area contributed by atoms with Crippen molar-refractivity contribution in [1.82, 2.24) is 9.36 Å². The Balaban J connectivity index is 1.93. The second-order valence-electron chi connectivity index (χ2n) is 2.63. The molecule has 0 fully saturated rings. The first-order valence-electron chi connectivity index (χ1n) is 3.90. The van der Waals surface area contributed by atoms with Crippen LogP contribution in [0.2, 0.25) is 0 Å². The van der Waals surface area contributed by atoms with Crippen molar-refractivity contribution in [1.29, 1.82) is 0 Å². The van der Waals surface area contributed by atoms with Gasteiger partial charge in [-0.1, -0.05) is 0 Å². The van der Waals surface area contributed by atoms with Crippen molar-refractivity contribution in [3.05, 3.63) is 28.2 Å². The fourth-order valence-corrected chi connectivity index (χ4v) is 2.18. The molecular formula is C8H9N3S2. The van der Waals surface area contributed by atoms with Crippen molar-refractivity contribution in [2.24, 2.45) is 0 Å². The molecule has 68 valence electrons. The highest BCUT2D eigenvalue weighted by Crippen LogP contribution is 2.13. The van der Waals surface area contributed by atoms with Gasteiger partial charge in [-0.05, 0) is 29.3 Å². The van der Waals surface area contributed by atoms with Gasteiger partial charge in [0.2, 0.25) is 5.13 Å². The Morgan fingerprint density at radius 2 is 2.46 bits per heavy atom. The van der Waals surface area contributed by atoms with Gasteiger partial charge >= 0.3 is 0 Å². The van der Waals surface area contributed by atoms with Crippen molar-refractivity contribution in [2.75, 3.05) is 5.32 Å². The molecule has 13 heavy (non-hydrogen) atoms. The summed E-state index contributed by atoms with van der Waals surface area (Å²) in [6.07, 6.45) is 0. The van der Waals surface area contributed by atoms with Crippen molar-refractivity contribution in [2.45, 2.75) is 13.5 Å². The van der Waals surface area contributed by atoms with Crippen LogP contribution in [0.4, 0.5) is 5.13 Å². The zero-order chi connectivity index (χ0) is 9.10. The number of hydrogen-bond acceptors (Lipinski definition) is 5. The summed E-state index contributed by atoms with van der Waals surface area (Å²) in [5.41, 5.74) is 1.29. The van der Waals surface area contributed by atoms with E-state index in [2.05, 4.69) is 31.5 Å². The molecule has 2 aromatic heterocycles. The fraction of sp³-hybridized carbons (Fsp3) is 0.250. The third-order valence-electron chi connectivity index (χ3n) is 1.55. The van der Waals surface area contributed by atoms with Crippen LogP contribution >= 0.6 is 22.9 Å². The van der Waals surface area contributed by atoms with Crippen molar-refractivity contribution >= 4 is 28.0 Å². The van der Waals surface area contributed by atoms with Gasteiger partial charge in [-0.3, -0.25) is 0 Å². The van der Waals surface area contributed by atoms with Gasteiger partial charge in [0.15, 0.2) is 0 Å². The first kappa shape index (κ1) is 8.65. The Morgan fingerprint density at radius 3 is 3.08 bits per heavy atom. The van der Waals surface area contributed by atoms with Crippen LogP contribution in [-0.2, 0) is 6.54 Å². The summed E-state index contributed by atoms with van der Waals surface area (Å²) in [4.78, 5) is 4.21. The number of anilines is 1. The molecule has 2 heterocycles. The summed E-state index contributed by atoms with van der Waals surface area (Å²) in [6.45, 7) is 2.73. The highest BCUT2D eigenvalue weighted by molar-refractivity contribution is 7.09. The minimum Gasteiger partial charge on any atom is -0.356 e. The van der Waals surface area contributed by atoms with Crippen molar-refractivity contribution in [3.8, 4) is 0 Å². The predicted molar refractivity (Wildman–Crippen MR) is 56.3 cm³/mol. The van der Waals surface area contributed by atoms with E-state index in [4.69, 9.17) is 0 Å². The summed E-state index contributed by atoms with van der Waals surface area (Å²) >= 11 is 3.11. The van der Waals surface area contributed by atoms with Crippen LogP contribution in [0.5, 0.6) is 0 Å². The van der Waals surface area contributed by atoms with Gasteiger partial charge in [-0.25, -0.2) is 4.98 Å². The summed E-state index contributed by atoms with van der Waals surface area (Å²) in [6, 6.07) is 2.10. The van der Waals surface area contributed by atoms with E-state index in [1.54, 1.807) is 11.3 Å². The van der Waals surface area contributed by atoms with Gasteiger partial charge in [0.05, 0.1) is 0 Å². The lowest BCUT2D eigenvalue weighted by atomic mass is 10.3. The summed E-state index contributed by atoms with van der Waals surface area (Å²) < 4.78 is 4.09. The molecule has 1 N–H and O–H groups in total. The average molecular weight is 211 g/mol. The normalized spacial score (nSPS) is 10.2. The summed E-state index contributed by atoms with van der Waals surface area (Å²) in [5, 5.41) is 8.31. The molecule has 0 bridgehead atoms. The maximum atomic E-state index is 4.21. The third-order valence-corrected chi connectivity index (χ3v) is 3.05. The molecular weight excluding hydrogens is 202 g/mol. The lowest BCUT2D eigenvalue weighted by Gasteiger charge is -1.97. The van der Waals surface area contributed by atoms with Crippen LogP contribution in [0.15, 0.2) is 16.8 Å². The number of nitrogens with one attached hydrogen (secondary N) is 1. The zero-order valence-electron chi connectivity index (χ0n) is 7.15. The second-order valence-corrected chi connectivity index (χ2v) is 4.16. The lowest BCUT2D eigenvalue weighted by Crippen LogP contribution is -1.96. The van der Waals surface area contributed by atoms with E-state index in [1.807, 2.05) is 6.92 Å². The van der Waals surface area contributed by atoms with E-state index >= 15 is 0 Å². The van der Waals surface area contributed by atoms with Crippen molar-refractivity contribution in [3.63, 3.8) is 0 Å². The first-order valence-corrected chi connectivity index (χ1v) is 5.61. The Bertz CT molecular complexity index is 366. The number of aryl methyl sites for hydroxylation is 1. The molecule has 0 aliphatic rings. The Kier molecular flexibility index (Phi) is 2.56. The minimum absolute atomic E-state index is 0.831. The van der Waals surface area contributed by atoms with Crippen LogP contribution in [-0.4, -0.2) is 9.36 Å². The zero-order valence-corrected chi connectivity index (χ0v) is 8.78. The topological polar surface area (TPSA) is 37.8 Å². The molecule has 0 atom stereocenters. The number of nitrogens with zero attached hydrogens (tertiary/aromatic N) is 2. The number of hydrogen-bond donors (Lipinski definition) is 1. The largest absolute Gasteiger partial charge is 0.356 e. The SMILES string of the molecule is Cc1nsc(NCc2ccsc2)n1. The Morgan fingerprint density at radius 1 is 1.54 bits per heavy atom. The maximum Gasteiger partial charge on any atom is 0.202 e. The first-order chi connectivity index (χ1) is 6.34. The van der Waals surface area contributed by atoms with Crippen LogP contribution in [0.3, 0.4) is 0 Å². The van der Waals surface area contributed by atoms with E-state index < -0.39 is 0 Å². The molecule has 3 nitrogen and oxygen atoms in total. The molecule has 5 heteroatoms. The molecule has 2 aromatic rings. The van der Waals surface area contributed by atoms with Gasteiger partial charge in [0.25, 0.3) is 0 Å². The molecule has 0 aliphatic carbocycles. The van der Waals surface area contributed by atoms with E-state index in [1.165, 1.54) is 17.1 Å². The highest BCUT2D eigenvalue weighted by atomic mass is 32.1. The average Bonchev–Trinajstić information content (AvgIpc) is 2.71. The van der Waals surface area contributed by atoms with E-state index in [9.17, 15) is 0 Å². The molecule has 2 rings (SSSR count). The Hall–Kier alpha value is -0.940. The summed E-state index contributed by atoms with van der Waals surface area (Å²) in [7, 11) is 0. The molecule has 0 unspecified atom stereocenters. The van der Waals surface area contributed by atoms with E-state index in [-0.39, 0.29) is 0 Å². The highest BCUT2D eigenvalue weighted by Gasteiger charge is 1.98. The molecule has 0 radical (unpaired) electrons. The quantitative estimate of drug-likeness (QED) is 0.847. The molecule has 0 saturated carbocycles. The molecule has 0 spiro atoms. The van der Waals surface area contributed by atoms with E-state index in [0.717, 1.165) is 17.5 Å². The standard InChI is InChI=1S/C8H9N3S2/c1-6-10-8(13-11-6)9-4-7-2-3-12-5-7/h2-3,5H,4H2,1H3,(H,9,10,11). The van der Waals surface area contributed by atoms with Crippen LogP contribution in [0, 0.1) is 6.92 Å². The maximum absolute atomic E-state index is 4.21. The molecule has 0 amide bonds. The van der Waals surface area contributed by atoms with Gasteiger partial charge in [0.1, 0.15) is 5.82 Å². The fourth-order valence-electron chi connectivity index (χ4n) is 0.940. The van der Waals surface area contributed by atoms with Crippen LogP contribution in [0.25, 0.3) is 0 Å². The number of aromatic nitrogens is 2. The van der Waals surface area contributed by atoms with Crippen LogP contribution in [0.1, 0.15) is 11.4 Å².